The van der Waals surface area contributed by atoms with Crippen molar-refractivity contribution in [2.24, 2.45) is 5.92 Å². The third kappa shape index (κ3) is 3.61. The summed E-state index contributed by atoms with van der Waals surface area (Å²) in [6, 6.07) is 9.45. The molecule has 1 amide bonds. The molecule has 3 rings (SSSR count). The van der Waals surface area contributed by atoms with Crippen molar-refractivity contribution in [3.63, 3.8) is 0 Å². The molecular formula is C19H24N2O3. The van der Waals surface area contributed by atoms with Crippen molar-refractivity contribution in [3.05, 3.63) is 35.4 Å². The van der Waals surface area contributed by atoms with Crippen LogP contribution in [0.25, 0.3) is 0 Å². The Morgan fingerprint density at radius 2 is 2.17 bits per heavy atom. The zero-order valence-electron chi connectivity index (χ0n) is 14.1. The SMILES string of the molecule is CO[C@@H]1CCC[C@H]1[C@@H]1COCCN1C(=O)Cc1ccc(C#N)cc1. The number of nitrogens with zero attached hydrogens (tertiary/aromatic N) is 2. The number of nitriles is 1. The Morgan fingerprint density at radius 3 is 2.88 bits per heavy atom. The zero-order chi connectivity index (χ0) is 16.9. The van der Waals surface area contributed by atoms with Crippen molar-refractivity contribution in [1.29, 1.82) is 5.26 Å². The molecule has 1 aromatic carbocycles. The van der Waals surface area contributed by atoms with E-state index in [1.54, 1.807) is 19.2 Å². The predicted octanol–water partition coefficient (Wildman–Crippen LogP) is 2.14. The molecule has 1 aromatic rings. The van der Waals surface area contributed by atoms with Gasteiger partial charge in [0, 0.05) is 19.6 Å². The van der Waals surface area contributed by atoms with Crippen LogP contribution in [0.2, 0.25) is 0 Å². The molecule has 1 saturated heterocycles. The third-order valence-electron chi connectivity index (χ3n) is 5.22. The highest BCUT2D eigenvalue weighted by Gasteiger charge is 2.40. The van der Waals surface area contributed by atoms with E-state index in [9.17, 15) is 4.79 Å². The van der Waals surface area contributed by atoms with E-state index in [-0.39, 0.29) is 18.1 Å². The summed E-state index contributed by atoms with van der Waals surface area (Å²) < 4.78 is 11.3. The van der Waals surface area contributed by atoms with Crippen molar-refractivity contribution < 1.29 is 14.3 Å². The maximum absolute atomic E-state index is 12.8. The summed E-state index contributed by atoms with van der Waals surface area (Å²) in [5.74, 6) is 0.495. The van der Waals surface area contributed by atoms with Gasteiger partial charge in [0.25, 0.3) is 0 Å². The Hall–Kier alpha value is -1.90. The van der Waals surface area contributed by atoms with E-state index in [0.717, 1.165) is 24.8 Å². The zero-order valence-corrected chi connectivity index (χ0v) is 14.1. The Balaban J connectivity index is 1.70. The minimum Gasteiger partial charge on any atom is -0.381 e. The molecule has 1 heterocycles. The minimum atomic E-state index is 0.108. The Bertz CT molecular complexity index is 608. The van der Waals surface area contributed by atoms with Gasteiger partial charge in [-0.25, -0.2) is 0 Å². The Kier molecular flexibility index (Phi) is 5.49. The second-order valence-electron chi connectivity index (χ2n) is 6.58. The van der Waals surface area contributed by atoms with Crippen LogP contribution in [0.3, 0.4) is 0 Å². The number of carbonyl (C=O) groups excluding carboxylic acids is 1. The van der Waals surface area contributed by atoms with E-state index in [0.29, 0.717) is 37.7 Å². The molecule has 2 fully saturated rings. The lowest BCUT2D eigenvalue weighted by molar-refractivity contribution is -0.143. The number of amides is 1. The van der Waals surface area contributed by atoms with Crippen molar-refractivity contribution in [3.8, 4) is 6.07 Å². The fraction of sp³-hybridized carbons (Fsp3) is 0.579. The average molecular weight is 328 g/mol. The van der Waals surface area contributed by atoms with Gasteiger partial charge in [-0.3, -0.25) is 4.79 Å². The van der Waals surface area contributed by atoms with E-state index >= 15 is 0 Å². The first-order valence-electron chi connectivity index (χ1n) is 8.62. The summed E-state index contributed by atoms with van der Waals surface area (Å²) >= 11 is 0. The highest BCUT2D eigenvalue weighted by Crippen LogP contribution is 2.34. The Morgan fingerprint density at radius 1 is 1.38 bits per heavy atom. The fourth-order valence-corrected chi connectivity index (χ4v) is 3.95. The van der Waals surface area contributed by atoms with E-state index in [1.807, 2.05) is 17.0 Å². The van der Waals surface area contributed by atoms with Crippen LogP contribution in [0.15, 0.2) is 24.3 Å². The molecule has 5 heteroatoms. The summed E-state index contributed by atoms with van der Waals surface area (Å²) in [6.45, 7) is 1.84. The highest BCUT2D eigenvalue weighted by atomic mass is 16.5. The Labute approximate surface area is 143 Å². The molecule has 5 nitrogen and oxygen atoms in total. The minimum absolute atomic E-state index is 0.108. The number of hydrogen-bond donors (Lipinski definition) is 0. The summed E-state index contributed by atoms with van der Waals surface area (Å²) in [7, 11) is 1.76. The second-order valence-corrected chi connectivity index (χ2v) is 6.58. The number of methoxy groups -OCH3 is 1. The molecule has 2 aliphatic rings. The number of morpholine rings is 1. The molecule has 1 aliphatic carbocycles. The maximum Gasteiger partial charge on any atom is 0.227 e. The van der Waals surface area contributed by atoms with Gasteiger partial charge in [-0.05, 0) is 30.5 Å². The van der Waals surface area contributed by atoms with Gasteiger partial charge >= 0.3 is 0 Å². The van der Waals surface area contributed by atoms with Gasteiger partial charge in [-0.15, -0.1) is 0 Å². The summed E-state index contributed by atoms with van der Waals surface area (Å²) in [4.78, 5) is 14.8. The molecular weight excluding hydrogens is 304 g/mol. The van der Waals surface area contributed by atoms with Gasteiger partial charge in [-0.1, -0.05) is 18.6 Å². The van der Waals surface area contributed by atoms with Gasteiger partial charge in [0.1, 0.15) is 0 Å². The first kappa shape index (κ1) is 16.9. The standard InChI is InChI=1S/C19H24N2O3/c1-23-18-4-2-3-16(18)17-13-24-10-9-21(17)19(22)11-14-5-7-15(12-20)8-6-14/h5-8,16-18H,2-4,9-11,13H2,1H3/t16-,17-,18+/m0/s1. The quantitative estimate of drug-likeness (QED) is 0.849. The van der Waals surface area contributed by atoms with Crippen LogP contribution in [0.1, 0.15) is 30.4 Å². The lowest BCUT2D eigenvalue weighted by Gasteiger charge is -2.40. The maximum atomic E-state index is 12.8. The lowest BCUT2D eigenvalue weighted by atomic mass is 9.93. The molecule has 0 spiro atoms. The molecule has 0 radical (unpaired) electrons. The lowest BCUT2D eigenvalue weighted by Crippen LogP contribution is -2.54. The smallest absolute Gasteiger partial charge is 0.227 e. The van der Waals surface area contributed by atoms with E-state index in [2.05, 4.69) is 6.07 Å². The second kappa shape index (κ2) is 7.78. The first-order valence-corrected chi connectivity index (χ1v) is 8.62. The van der Waals surface area contributed by atoms with Gasteiger partial charge in [0.2, 0.25) is 5.91 Å². The summed E-state index contributed by atoms with van der Waals surface area (Å²) in [6.07, 6.45) is 3.90. The normalized spacial score (nSPS) is 27.0. The molecule has 1 saturated carbocycles. The van der Waals surface area contributed by atoms with Crippen molar-refractivity contribution in [2.75, 3.05) is 26.9 Å². The fourth-order valence-electron chi connectivity index (χ4n) is 3.95. The van der Waals surface area contributed by atoms with Crippen molar-refractivity contribution in [2.45, 2.75) is 37.8 Å². The highest BCUT2D eigenvalue weighted by molar-refractivity contribution is 5.79. The van der Waals surface area contributed by atoms with E-state index in [1.165, 1.54) is 0 Å². The van der Waals surface area contributed by atoms with Crippen molar-refractivity contribution >= 4 is 5.91 Å². The van der Waals surface area contributed by atoms with Gasteiger partial charge < -0.3 is 14.4 Å². The molecule has 0 bridgehead atoms. The van der Waals surface area contributed by atoms with Crippen LogP contribution in [-0.2, 0) is 20.7 Å². The topological polar surface area (TPSA) is 62.6 Å². The largest absolute Gasteiger partial charge is 0.381 e. The van der Waals surface area contributed by atoms with Crippen LogP contribution in [0.5, 0.6) is 0 Å². The predicted molar refractivity (Wildman–Crippen MR) is 89.3 cm³/mol. The van der Waals surface area contributed by atoms with Crippen LogP contribution in [0.4, 0.5) is 0 Å². The van der Waals surface area contributed by atoms with Crippen molar-refractivity contribution in [1.82, 2.24) is 4.90 Å². The number of rotatable bonds is 4. The molecule has 0 N–H and O–H groups in total. The number of hydrogen-bond acceptors (Lipinski definition) is 4. The van der Waals surface area contributed by atoms with E-state index in [4.69, 9.17) is 14.7 Å². The van der Waals surface area contributed by atoms with Crippen LogP contribution in [-0.4, -0.2) is 49.8 Å². The monoisotopic (exact) mass is 328 g/mol. The molecule has 3 atom stereocenters. The van der Waals surface area contributed by atoms with E-state index < -0.39 is 0 Å². The van der Waals surface area contributed by atoms with Gasteiger partial charge in [-0.2, -0.15) is 5.26 Å². The van der Waals surface area contributed by atoms with Gasteiger partial charge in [0.15, 0.2) is 0 Å². The first-order chi connectivity index (χ1) is 11.7. The number of benzene rings is 1. The van der Waals surface area contributed by atoms with Gasteiger partial charge in [0.05, 0.1) is 43.4 Å². The average Bonchev–Trinajstić information content (AvgIpc) is 3.11. The third-order valence-corrected chi connectivity index (χ3v) is 5.22. The molecule has 24 heavy (non-hydrogen) atoms. The number of ether oxygens (including phenoxy) is 2. The molecule has 1 aliphatic heterocycles. The molecule has 128 valence electrons. The van der Waals surface area contributed by atoms with Crippen LogP contribution < -0.4 is 0 Å². The van der Waals surface area contributed by atoms with Crippen LogP contribution in [0, 0.1) is 17.2 Å². The summed E-state index contributed by atoms with van der Waals surface area (Å²) in [5.41, 5.74) is 1.56. The van der Waals surface area contributed by atoms with Crippen LogP contribution >= 0.6 is 0 Å². The number of carbonyl (C=O) groups is 1. The molecule has 0 aromatic heterocycles. The molecule has 0 unspecified atom stereocenters. The summed E-state index contributed by atoms with van der Waals surface area (Å²) in [5, 5.41) is 8.87.